The van der Waals surface area contributed by atoms with Gasteiger partial charge in [0.2, 0.25) is 0 Å². The van der Waals surface area contributed by atoms with Gasteiger partial charge in [0.15, 0.2) is 5.78 Å². The summed E-state index contributed by atoms with van der Waals surface area (Å²) in [5, 5.41) is 0. The highest BCUT2D eigenvalue weighted by Crippen LogP contribution is 2.26. The first-order valence-corrected chi connectivity index (χ1v) is 6.94. The molecule has 0 amide bonds. The largest absolute Gasteiger partial charge is 0.496 e. The minimum atomic E-state index is 0.0409. The molecule has 2 rings (SSSR count). The predicted molar refractivity (Wildman–Crippen MR) is 80.9 cm³/mol. The van der Waals surface area contributed by atoms with Gasteiger partial charge >= 0.3 is 0 Å². The summed E-state index contributed by atoms with van der Waals surface area (Å²) in [5.74, 6) is 0.787. The van der Waals surface area contributed by atoms with Crippen molar-refractivity contribution >= 4 is 21.7 Å². The maximum absolute atomic E-state index is 12.2. The molecule has 1 heterocycles. The summed E-state index contributed by atoms with van der Waals surface area (Å²) in [4.78, 5) is 16.3. The third kappa shape index (κ3) is 3.43. The van der Waals surface area contributed by atoms with E-state index in [1.807, 2.05) is 18.2 Å². The van der Waals surface area contributed by atoms with E-state index < -0.39 is 0 Å². The molecule has 0 saturated carbocycles. The molecule has 0 aliphatic carbocycles. The fraction of sp³-hybridized carbons (Fsp3) is 0.200. The smallest absolute Gasteiger partial charge is 0.167 e. The number of hydrogen-bond donors (Lipinski definition) is 1. The van der Waals surface area contributed by atoms with Crippen molar-refractivity contribution in [3.05, 3.63) is 57.8 Å². The van der Waals surface area contributed by atoms with Crippen LogP contribution in [0.3, 0.4) is 0 Å². The predicted octanol–water partition coefficient (Wildman–Crippen LogP) is 2.74. The molecule has 0 spiro atoms. The van der Waals surface area contributed by atoms with Gasteiger partial charge in [-0.1, -0.05) is 6.07 Å². The van der Waals surface area contributed by atoms with E-state index in [1.165, 1.54) is 0 Å². The Kier molecular flexibility index (Phi) is 4.87. The molecule has 2 N–H and O–H groups in total. The van der Waals surface area contributed by atoms with Crippen LogP contribution in [0.5, 0.6) is 5.75 Å². The molecule has 1 aromatic carbocycles. The number of rotatable bonds is 5. The Morgan fingerprint density at radius 3 is 2.80 bits per heavy atom. The maximum atomic E-state index is 12.2. The quantitative estimate of drug-likeness (QED) is 0.854. The normalized spacial score (nSPS) is 10.3. The number of aromatic nitrogens is 1. The van der Waals surface area contributed by atoms with Crippen molar-refractivity contribution in [2.24, 2.45) is 5.73 Å². The summed E-state index contributed by atoms with van der Waals surface area (Å²) in [7, 11) is 1.61. The standard InChI is InChI=1S/C15H15BrN2O2/c1-20-15-3-2-10(6-13(15)16)7-14(19)11-4-5-18-12(8-11)9-17/h2-6,8H,7,9,17H2,1H3. The molecule has 5 heteroatoms. The number of benzene rings is 1. The Balaban J connectivity index is 2.16. The van der Waals surface area contributed by atoms with E-state index in [1.54, 1.807) is 25.4 Å². The van der Waals surface area contributed by atoms with Crippen LogP contribution in [0.4, 0.5) is 0 Å². The van der Waals surface area contributed by atoms with Crippen LogP contribution in [0.1, 0.15) is 21.6 Å². The van der Waals surface area contributed by atoms with E-state index in [0.29, 0.717) is 24.2 Å². The van der Waals surface area contributed by atoms with Crippen LogP contribution < -0.4 is 10.5 Å². The molecule has 0 aliphatic rings. The van der Waals surface area contributed by atoms with Crippen LogP contribution in [-0.4, -0.2) is 17.9 Å². The van der Waals surface area contributed by atoms with Crippen molar-refractivity contribution in [2.75, 3.05) is 7.11 Å². The lowest BCUT2D eigenvalue weighted by atomic mass is 10.0. The Hall–Kier alpha value is -1.72. The Morgan fingerprint density at radius 2 is 2.15 bits per heavy atom. The van der Waals surface area contributed by atoms with Crippen LogP contribution in [0, 0.1) is 0 Å². The highest BCUT2D eigenvalue weighted by Gasteiger charge is 2.09. The van der Waals surface area contributed by atoms with Crippen molar-refractivity contribution in [3.63, 3.8) is 0 Å². The fourth-order valence-corrected chi connectivity index (χ4v) is 2.46. The minimum absolute atomic E-state index is 0.0409. The Morgan fingerprint density at radius 1 is 1.35 bits per heavy atom. The van der Waals surface area contributed by atoms with Gasteiger partial charge in [-0.3, -0.25) is 9.78 Å². The van der Waals surface area contributed by atoms with Gasteiger partial charge in [0.1, 0.15) is 5.75 Å². The zero-order chi connectivity index (χ0) is 14.5. The molecule has 0 atom stereocenters. The summed E-state index contributed by atoms with van der Waals surface area (Å²) in [5.41, 5.74) is 7.80. The molecule has 1 aromatic heterocycles. The van der Waals surface area contributed by atoms with E-state index in [-0.39, 0.29) is 5.78 Å². The van der Waals surface area contributed by atoms with Crippen LogP contribution in [0.25, 0.3) is 0 Å². The molecule has 4 nitrogen and oxygen atoms in total. The summed E-state index contributed by atoms with van der Waals surface area (Å²) in [6, 6.07) is 9.06. The number of ketones is 1. The summed E-state index contributed by atoms with van der Waals surface area (Å²) >= 11 is 3.41. The fourth-order valence-electron chi connectivity index (χ4n) is 1.87. The number of carbonyl (C=O) groups excluding carboxylic acids is 1. The Bertz CT molecular complexity index is 629. The molecule has 20 heavy (non-hydrogen) atoms. The van der Waals surface area contributed by atoms with Gasteiger partial charge in [0.05, 0.1) is 17.3 Å². The molecule has 2 aromatic rings. The van der Waals surface area contributed by atoms with Crippen LogP contribution in [-0.2, 0) is 13.0 Å². The zero-order valence-electron chi connectivity index (χ0n) is 11.1. The number of nitrogens with zero attached hydrogens (tertiary/aromatic N) is 1. The molecule has 0 saturated heterocycles. The molecular weight excluding hydrogens is 320 g/mol. The second-order valence-corrected chi connectivity index (χ2v) is 5.16. The summed E-state index contributed by atoms with van der Waals surface area (Å²) in [6.45, 7) is 0.329. The highest BCUT2D eigenvalue weighted by molar-refractivity contribution is 9.10. The number of methoxy groups -OCH3 is 1. The van der Waals surface area contributed by atoms with Gasteiger partial charge in [-0.15, -0.1) is 0 Å². The number of nitrogens with two attached hydrogens (primary N) is 1. The van der Waals surface area contributed by atoms with E-state index >= 15 is 0 Å². The molecule has 104 valence electrons. The van der Waals surface area contributed by atoms with Crippen molar-refractivity contribution in [1.82, 2.24) is 4.98 Å². The lowest BCUT2D eigenvalue weighted by molar-refractivity contribution is 0.0992. The average Bonchev–Trinajstić information content (AvgIpc) is 2.47. The lowest BCUT2D eigenvalue weighted by Gasteiger charge is -2.06. The lowest BCUT2D eigenvalue weighted by Crippen LogP contribution is -2.07. The molecular formula is C15H15BrN2O2. The highest BCUT2D eigenvalue weighted by atomic mass is 79.9. The molecule has 0 unspecified atom stereocenters. The first-order chi connectivity index (χ1) is 9.63. The van der Waals surface area contributed by atoms with Gasteiger partial charge < -0.3 is 10.5 Å². The first-order valence-electron chi connectivity index (χ1n) is 6.14. The second kappa shape index (κ2) is 6.63. The molecule has 0 fully saturated rings. The number of pyridine rings is 1. The van der Waals surface area contributed by atoms with Crippen molar-refractivity contribution in [3.8, 4) is 5.75 Å². The molecule has 0 aliphatic heterocycles. The number of carbonyl (C=O) groups is 1. The van der Waals surface area contributed by atoms with E-state index in [4.69, 9.17) is 10.5 Å². The van der Waals surface area contributed by atoms with E-state index in [9.17, 15) is 4.79 Å². The maximum Gasteiger partial charge on any atom is 0.167 e. The summed E-state index contributed by atoms with van der Waals surface area (Å²) < 4.78 is 6.00. The SMILES string of the molecule is COc1ccc(CC(=O)c2ccnc(CN)c2)cc1Br. The number of halogens is 1. The number of ether oxygens (including phenoxy) is 1. The Labute approximate surface area is 126 Å². The molecule has 0 radical (unpaired) electrons. The van der Waals surface area contributed by atoms with Gasteiger partial charge in [-0.2, -0.15) is 0 Å². The molecule has 0 bridgehead atoms. The average molecular weight is 335 g/mol. The van der Waals surface area contributed by atoms with Crippen LogP contribution in [0.2, 0.25) is 0 Å². The van der Waals surface area contributed by atoms with Gasteiger partial charge in [0.25, 0.3) is 0 Å². The van der Waals surface area contributed by atoms with Crippen molar-refractivity contribution in [2.45, 2.75) is 13.0 Å². The minimum Gasteiger partial charge on any atom is -0.496 e. The third-order valence-electron chi connectivity index (χ3n) is 2.93. The monoisotopic (exact) mass is 334 g/mol. The van der Waals surface area contributed by atoms with Crippen LogP contribution >= 0.6 is 15.9 Å². The summed E-state index contributed by atoms with van der Waals surface area (Å²) in [6.07, 6.45) is 1.94. The van der Waals surface area contributed by atoms with E-state index in [0.717, 1.165) is 15.8 Å². The topological polar surface area (TPSA) is 65.2 Å². The van der Waals surface area contributed by atoms with Crippen LogP contribution in [0.15, 0.2) is 41.0 Å². The first kappa shape index (κ1) is 14.7. The van der Waals surface area contributed by atoms with E-state index in [2.05, 4.69) is 20.9 Å². The zero-order valence-corrected chi connectivity index (χ0v) is 12.7. The van der Waals surface area contributed by atoms with Gasteiger partial charge in [-0.25, -0.2) is 0 Å². The number of Topliss-reactive ketones (excluding diaryl/α,β-unsaturated/α-hetero) is 1. The number of hydrogen-bond acceptors (Lipinski definition) is 4. The van der Waals surface area contributed by atoms with Gasteiger partial charge in [-0.05, 0) is 45.8 Å². The van der Waals surface area contributed by atoms with Crippen molar-refractivity contribution in [1.29, 1.82) is 0 Å². The second-order valence-electron chi connectivity index (χ2n) is 4.31. The third-order valence-corrected chi connectivity index (χ3v) is 3.55. The van der Waals surface area contributed by atoms with Crippen molar-refractivity contribution < 1.29 is 9.53 Å². The van der Waals surface area contributed by atoms with Gasteiger partial charge in [0, 0.05) is 24.7 Å².